The van der Waals surface area contributed by atoms with Crippen molar-refractivity contribution in [2.24, 2.45) is 40.4 Å². The van der Waals surface area contributed by atoms with E-state index in [1.807, 2.05) is 18.2 Å². The maximum Gasteiger partial charge on any atom is 0.308 e. The van der Waals surface area contributed by atoms with Crippen LogP contribution in [0.1, 0.15) is 52.9 Å². The van der Waals surface area contributed by atoms with Crippen LogP contribution in [0.2, 0.25) is 0 Å². The molecule has 0 amide bonds. The van der Waals surface area contributed by atoms with Crippen molar-refractivity contribution in [2.45, 2.75) is 71.2 Å². The highest BCUT2D eigenvalue weighted by molar-refractivity contribution is 5.70. The Labute approximate surface area is 221 Å². The number of carbonyl (C=O) groups excluding carboxylic acids is 1. The molecule has 2 saturated carbocycles. The van der Waals surface area contributed by atoms with E-state index in [0.717, 1.165) is 19.3 Å². The number of hydrogen-bond acceptors (Lipinski definition) is 4. The molecule has 0 radical (unpaired) electrons. The van der Waals surface area contributed by atoms with Crippen LogP contribution in [0.4, 0.5) is 0 Å². The number of hydrogen-bond donors (Lipinski definition) is 2. The monoisotopic (exact) mass is 502 g/mol. The summed E-state index contributed by atoms with van der Waals surface area (Å²) in [4.78, 5) is 13.1. The molecule has 198 valence electrons. The van der Waals surface area contributed by atoms with E-state index in [9.17, 15) is 15.0 Å². The number of aliphatic hydroxyl groups excluding tert-OH is 2. The number of fused-ring (bicyclic) bond motifs is 3. The summed E-state index contributed by atoms with van der Waals surface area (Å²) < 4.78 is 6.28. The summed E-state index contributed by atoms with van der Waals surface area (Å²) in [5.41, 5.74) is 1.47. The largest absolute Gasteiger partial charge is 0.461 e. The molecule has 0 aromatic carbocycles. The molecule has 9 atom stereocenters. The molecule has 7 unspecified atom stereocenters. The van der Waals surface area contributed by atoms with Gasteiger partial charge < -0.3 is 14.9 Å². The summed E-state index contributed by atoms with van der Waals surface area (Å²) in [7, 11) is 0. The first-order chi connectivity index (χ1) is 17.7. The highest BCUT2D eigenvalue weighted by Crippen LogP contribution is 2.71. The van der Waals surface area contributed by atoms with Crippen LogP contribution in [-0.4, -0.2) is 34.5 Å². The molecule has 5 aliphatic rings. The van der Waals surface area contributed by atoms with Gasteiger partial charge >= 0.3 is 5.97 Å². The van der Waals surface area contributed by atoms with Crippen LogP contribution >= 0.6 is 0 Å². The van der Waals surface area contributed by atoms with Crippen molar-refractivity contribution in [1.29, 1.82) is 0 Å². The zero-order chi connectivity index (χ0) is 26.2. The van der Waals surface area contributed by atoms with Gasteiger partial charge in [-0.3, -0.25) is 4.79 Å². The molecule has 2 fully saturated rings. The predicted octanol–water partition coefficient (Wildman–Crippen LogP) is 6.02. The van der Waals surface area contributed by atoms with E-state index < -0.39 is 12.2 Å². The van der Waals surface area contributed by atoms with Crippen molar-refractivity contribution in [3.63, 3.8) is 0 Å². The fourth-order valence-electron chi connectivity index (χ4n) is 7.70. The minimum atomic E-state index is -0.942. The summed E-state index contributed by atoms with van der Waals surface area (Å²) in [6.07, 6.45) is 28.6. The summed E-state index contributed by atoms with van der Waals surface area (Å²) in [6.45, 7) is 7.07. The lowest BCUT2D eigenvalue weighted by Crippen LogP contribution is -2.41. The van der Waals surface area contributed by atoms with E-state index in [-0.39, 0.29) is 47.6 Å². The molecule has 0 saturated heterocycles. The average Bonchev–Trinajstić information content (AvgIpc) is 3.20. The third-order valence-corrected chi connectivity index (χ3v) is 10.1. The van der Waals surface area contributed by atoms with E-state index in [0.29, 0.717) is 17.8 Å². The average molecular weight is 503 g/mol. The van der Waals surface area contributed by atoms with Gasteiger partial charge in [-0.2, -0.15) is 0 Å². The van der Waals surface area contributed by atoms with Crippen LogP contribution in [0, 0.1) is 40.4 Å². The zero-order valence-electron chi connectivity index (χ0n) is 22.4. The zero-order valence-corrected chi connectivity index (χ0v) is 22.4. The quantitative estimate of drug-likeness (QED) is 0.315. The van der Waals surface area contributed by atoms with E-state index in [1.54, 1.807) is 6.08 Å². The van der Waals surface area contributed by atoms with Gasteiger partial charge in [0.25, 0.3) is 0 Å². The second-order valence-corrected chi connectivity index (χ2v) is 12.4. The van der Waals surface area contributed by atoms with Crippen LogP contribution in [0.25, 0.3) is 0 Å². The number of aliphatic hydroxyl groups is 2. The third-order valence-electron chi connectivity index (χ3n) is 10.1. The first kappa shape index (κ1) is 26.2. The smallest absolute Gasteiger partial charge is 0.308 e. The maximum atomic E-state index is 13.1. The van der Waals surface area contributed by atoms with Gasteiger partial charge in [-0.15, -0.1) is 0 Å². The Morgan fingerprint density at radius 1 is 1.08 bits per heavy atom. The van der Waals surface area contributed by atoms with E-state index in [1.165, 1.54) is 5.57 Å². The number of esters is 1. The van der Waals surface area contributed by atoms with Gasteiger partial charge in [0.1, 0.15) is 6.10 Å². The molecule has 0 aromatic rings. The van der Waals surface area contributed by atoms with E-state index in [4.69, 9.17) is 4.74 Å². The molecular weight excluding hydrogens is 460 g/mol. The molecule has 0 heterocycles. The van der Waals surface area contributed by atoms with E-state index >= 15 is 0 Å². The molecule has 5 rings (SSSR count). The standard InChI is InChI=1S/C33H42O4/c1-32(2)28-18-19-33(32,3)30(27-15-9-13-23-12-7-8-14-26(23)27)31(28)37-29(36)21-25(35)20-24(34)17-16-22-10-5-4-6-11-22/h4-10,12-17,22-26,28,30-31,34-35H,11,18-21H2,1-3H3/b17-16+/t22?,23?,24-,25-,26?,28?,30?,31?,33?/m0/s1. The van der Waals surface area contributed by atoms with Gasteiger partial charge in [0.05, 0.1) is 18.6 Å². The topological polar surface area (TPSA) is 66.8 Å². The second kappa shape index (κ2) is 10.4. The molecule has 5 aliphatic carbocycles. The van der Waals surface area contributed by atoms with Crippen molar-refractivity contribution < 1.29 is 19.7 Å². The van der Waals surface area contributed by atoms with Crippen LogP contribution in [0.3, 0.4) is 0 Å². The lowest BCUT2D eigenvalue weighted by molar-refractivity contribution is -0.157. The molecule has 0 aromatic heterocycles. The van der Waals surface area contributed by atoms with Crippen LogP contribution in [0.5, 0.6) is 0 Å². The number of rotatable bonds is 8. The molecule has 0 spiro atoms. The summed E-state index contributed by atoms with van der Waals surface area (Å²) >= 11 is 0. The first-order valence-corrected chi connectivity index (χ1v) is 14.0. The highest BCUT2D eigenvalue weighted by atomic mass is 16.5. The van der Waals surface area contributed by atoms with Crippen molar-refractivity contribution in [1.82, 2.24) is 0 Å². The fourth-order valence-corrected chi connectivity index (χ4v) is 7.70. The number of allylic oxidation sites excluding steroid dienone is 12. The molecule has 0 aliphatic heterocycles. The Hall–Kier alpha value is -2.43. The molecule has 2 N–H and O–H groups in total. The third kappa shape index (κ3) is 4.91. The molecule has 4 heteroatoms. The van der Waals surface area contributed by atoms with E-state index in [2.05, 4.69) is 75.5 Å². The van der Waals surface area contributed by atoms with Crippen molar-refractivity contribution >= 4 is 5.97 Å². The van der Waals surface area contributed by atoms with Crippen molar-refractivity contribution in [2.75, 3.05) is 0 Å². The lowest BCUT2D eigenvalue weighted by Gasteiger charge is -2.44. The predicted molar refractivity (Wildman–Crippen MR) is 147 cm³/mol. The normalized spacial score (nSPS) is 38.6. The Balaban J connectivity index is 1.26. The van der Waals surface area contributed by atoms with Crippen LogP contribution in [-0.2, 0) is 9.53 Å². The Bertz CT molecular complexity index is 1090. The van der Waals surface area contributed by atoms with Gasteiger partial charge in [-0.25, -0.2) is 0 Å². The summed E-state index contributed by atoms with van der Waals surface area (Å²) in [5.74, 6) is 0.997. The summed E-state index contributed by atoms with van der Waals surface area (Å²) in [5, 5.41) is 21.0. The van der Waals surface area contributed by atoms with Crippen molar-refractivity contribution in [3.8, 4) is 0 Å². The van der Waals surface area contributed by atoms with Gasteiger partial charge in [0.2, 0.25) is 0 Å². The SMILES string of the molecule is CC1(C)C2CCC1(C)C(C1=CC=CC3C=CC=CC13)C2OC(=O)C[C@@H](O)C[C@@H](O)/C=C/C1C=CC=CC1. The van der Waals surface area contributed by atoms with Gasteiger partial charge in [-0.1, -0.05) is 105 Å². The first-order valence-electron chi connectivity index (χ1n) is 14.0. The molecular formula is C33H42O4. The number of carbonyl (C=O) groups is 1. The van der Waals surface area contributed by atoms with Gasteiger partial charge in [-0.05, 0) is 36.0 Å². The summed E-state index contributed by atoms with van der Waals surface area (Å²) in [6, 6.07) is 0. The minimum Gasteiger partial charge on any atom is -0.461 e. The lowest BCUT2D eigenvalue weighted by atomic mass is 9.61. The minimum absolute atomic E-state index is 0.0432. The number of ether oxygens (including phenoxy) is 1. The van der Waals surface area contributed by atoms with Crippen LogP contribution < -0.4 is 0 Å². The second-order valence-electron chi connectivity index (χ2n) is 12.4. The maximum absolute atomic E-state index is 13.1. The van der Waals surface area contributed by atoms with Gasteiger partial charge in [0, 0.05) is 30.1 Å². The Morgan fingerprint density at radius 3 is 2.62 bits per heavy atom. The van der Waals surface area contributed by atoms with Crippen molar-refractivity contribution in [3.05, 3.63) is 84.6 Å². The Kier molecular flexibility index (Phi) is 7.35. The van der Waals surface area contributed by atoms with Gasteiger partial charge in [0.15, 0.2) is 0 Å². The fraction of sp³-hybridized carbons (Fsp3) is 0.545. The van der Waals surface area contributed by atoms with Crippen LogP contribution in [0.15, 0.2) is 84.6 Å². The highest BCUT2D eigenvalue weighted by Gasteiger charge is 2.68. The molecule has 37 heavy (non-hydrogen) atoms. The molecule has 2 bridgehead atoms. The Morgan fingerprint density at radius 2 is 1.84 bits per heavy atom. The molecule has 4 nitrogen and oxygen atoms in total.